The molecule has 0 unspecified atom stereocenters. The Bertz CT molecular complexity index is 342. The van der Waals surface area contributed by atoms with Crippen molar-refractivity contribution in [1.82, 2.24) is 9.97 Å². The average Bonchev–Trinajstić information content (AvgIpc) is 2.29. The Labute approximate surface area is 94.3 Å². The van der Waals surface area contributed by atoms with Crippen molar-refractivity contribution in [3.63, 3.8) is 0 Å². The molecule has 0 spiro atoms. The first-order valence-electron chi connectivity index (χ1n) is 5.15. The molecule has 1 aliphatic rings. The van der Waals surface area contributed by atoms with Crippen LogP contribution in [-0.2, 0) is 12.2 Å². The lowest BCUT2D eigenvalue weighted by Crippen LogP contribution is -2.27. The smallest absolute Gasteiger partial charge is 0.225 e. The fourth-order valence-electron chi connectivity index (χ4n) is 1.60. The Balaban J connectivity index is 2.20. The Morgan fingerprint density at radius 2 is 2.47 bits per heavy atom. The Kier molecular flexibility index (Phi) is 3.43. The van der Waals surface area contributed by atoms with Crippen LogP contribution in [0.15, 0.2) is 6.20 Å². The maximum absolute atomic E-state index is 5.50. The molecule has 1 aromatic heterocycles. The number of fused-ring (bicyclic) bond motifs is 1. The normalized spacial score (nSPS) is 14.8. The van der Waals surface area contributed by atoms with E-state index < -0.39 is 0 Å². The molecule has 0 saturated heterocycles. The third kappa shape index (κ3) is 2.41. The van der Waals surface area contributed by atoms with Crippen LogP contribution in [0.4, 0.5) is 5.95 Å². The molecule has 2 N–H and O–H groups in total. The molecule has 0 fully saturated rings. The first-order chi connectivity index (χ1) is 7.31. The molecule has 82 valence electrons. The summed E-state index contributed by atoms with van der Waals surface area (Å²) in [5, 5.41) is 0. The minimum Gasteiger partial charge on any atom is -0.343 e. The summed E-state index contributed by atoms with van der Waals surface area (Å²) in [4.78, 5) is 10.9. The minimum absolute atomic E-state index is 0.632. The lowest BCUT2D eigenvalue weighted by atomic mass is 10.2. The van der Waals surface area contributed by atoms with E-state index in [-0.39, 0.29) is 0 Å². The predicted octanol–water partition coefficient (Wildman–Crippen LogP) is 0.661. The summed E-state index contributed by atoms with van der Waals surface area (Å²) in [6.45, 7) is 1.43. The van der Waals surface area contributed by atoms with Gasteiger partial charge in [0.15, 0.2) is 0 Å². The molecule has 0 aliphatic carbocycles. The summed E-state index contributed by atoms with van der Waals surface area (Å²) in [6.07, 6.45) is 3.02. The van der Waals surface area contributed by atoms with Gasteiger partial charge < -0.3 is 10.6 Å². The number of rotatable bonds is 3. The third-order valence-corrected chi connectivity index (χ3v) is 3.50. The van der Waals surface area contributed by atoms with Crippen molar-refractivity contribution in [3.8, 4) is 0 Å². The van der Waals surface area contributed by atoms with E-state index in [1.807, 2.05) is 29.9 Å². The van der Waals surface area contributed by atoms with Gasteiger partial charge in [-0.05, 0) is 12.2 Å². The maximum Gasteiger partial charge on any atom is 0.225 e. The SMILES string of the molecule is CN(CCN)c1ncc2c(n1)CCSC2. The average molecular weight is 224 g/mol. The Hall–Kier alpha value is -0.810. The topological polar surface area (TPSA) is 55.0 Å². The summed E-state index contributed by atoms with van der Waals surface area (Å²) in [6, 6.07) is 0. The van der Waals surface area contributed by atoms with Gasteiger partial charge in [-0.3, -0.25) is 0 Å². The van der Waals surface area contributed by atoms with Crippen LogP contribution >= 0.6 is 11.8 Å². The molecule has 15 heavy (non-hydrogen) atoms. The van der Waals surface area contributed by atoms with Gasteiger partial charge in [0.1, 0.15) is 0 Å². The molecule has 4 nitrogen and oxygen atoms in total. The van der Waals surface area contributed by atoms with E-state index >= 15 is 0 Å². The second-order valence-corrected chi connectivity index (χ2v) is 4.76. The van der Waals surface area contributed by atoms with Crippen LogP contribution in [0.2, 0.25) is 0 Å². The Morgan fingerprint density at radius 3 is 3.27 bits per heavy atom. The highest BCUT2D eigenvalue weighted by atomic mass is 32.2. The standard InChI is InChI=1S/C10H16N4S/c1-14(4-3-11)10-12-6-8-7-15-5-2-9(8)13-10/h6H,2-5,7,11H2,1H3. The van der Waals surface area contributed by atoms with Crippen molar-refractivity contribution in [2.75, 3.05) is 30.8 Å². The molecule has 0 radical (unpaired) electrons. The highest BCUT2D eigenvalue weighted by Gasteiger charge is 2.13. The first kappa shape index (κ1) is 10.7. The number of thioether (sulfide) groups is 1. The lowest BCUT2D eigenvalue weighted by Gasteiger charge is -2.19. The third-order valence-electron chi connectivity index (χ3n) is 2.49. The minimum atomic E-state index is 0.632. The highest BCUT2D eigenvalue weighted by molar-refractivity contribution is 7.98. The van der Waals surface area contributed by atoms with Gasteiger partial charge in [0.25, 0.3) is 0 Å². The molecule has 0 aromatic carbocycles. The lowest BCUT2D eigenvalue weighted by molar-refractivity contribution is 0.827. The van der Waals surface area contributed by atoms with Crippen LogP contribution in [0.25, 0.3) is 0 Å². The van der Waals surface area contributed by atoms with E-state index in [1.165, 1.54) is 17.0 Å². The van der Waals surface area contributed by atoms with Crippen molar-refractivity contribution >= 4 is 17.7 Å². The molecule has 0 atom stereocenters. The molecular weight excluding hydrogens is 208 g/mol. The molecule has 0 bridgehead atoms. The van der Waals surface area contributed by atoms with E-state index in [9.17, 15) is 0 Å². The van der Waals surface area contributed by atoms with E-state index in [2.05, 4.69) is 9.97 Å². The molecule has 1 aliphatic heterocycles. The van der Waals surface area contributed by atoms with Crippen LogP contribution in [0, 0.1) is 0 Å². The fraction of sp³-hybridized carbons (Fsp3) is 0.600. The van der Waals surface area contributed by atoms with Crippen molar-refractivity contribution in [2.24, 2.45) is 5.73 Å². The molecule has 1 aromatic rings. The van der Waals surface area contributed by atoms with E-state index in [0.29, 0.717) is 6.54 Å². The van der Waals surface area contributed by atoms with Gasteiger partial charge >= 0.3 is 0 Å². The fourth-order valence-corrected chi connectivity index (χ4v) is 2.54. The van der Waals surface area contributed by atoms with E-state index in [0.717, 1.165) is 24.7 Å². The van der Waals surface area contributed by atoms with Gasteiger partial charge in [0, 0.05) is 37.7 Å². The van der Waals surface area contributed by atoms with Crippen LogP contribution < -0.4 is 10.6 Å². The van der Waals surface area contributed by atoms with Crippen LogP contribution in [-0.4, -0.2) is 35.9 Å². The number of aromatic nitrogens is 2. The highest BCUT2D eigenvalue weighted by Crippen LogP contribution is 2.23. The summed E-state index contributed by atoms with van der Waals surface area (Å²) in [5.41, 5.74) is 8.00. The van der Waals surface area contributed by atoms with Gasteiger partial charge in [-0.25, -0.2) is 9.97 Å². The first-order valence-corrected chi connectivity index (χ1v) is 6.30. The molecule has 0 saturated carbocycles. The molecular formula is C10H16N4S. The monoisotopic (exact) mass is 224 g/mol. The zero-order valence-corrected chi connectivity index (χ0v) is 9.76. The molecule has 0 amide bonds. The number of anilines is 1. The maximum atomic E-state index is 5.50. The zero-order valence-electron chi connectivity index (χ0n) is 8.94. The van der Waals surface area contributed by atoms with Gasteiger partial charge in [-0.2, -0.15) is 11.8 Å². The van der Waals surface area contributed by atoms with Crippen LogP contribution in [0.3, 0.4) is 0 Å². The number of hydrogen-bond donors (Lipinski definition) is 1. The largest absolute Gasteiger partial charge is 0.343 e. The summed E-state index contributed by atoms with van der Waals surface area (Å²) < 4.78 is 0. The second kappa shape index (κ2) is 4.81. The summed E-state index contributed by atoms with van der Waals surface area (Å²) >= 11 is 1.95. The van der Waals surface area contributed by atoms with Crippen molar-refractivity contribution in [1.29, 1.82) is 0 Å². The second-order valence-electron chi connectivity index (χ2n) is 3.65. The number of nitrogens with zero attached hydrogens (tertiary/aromatic N) is 3. The van der Waals surface area contributed by atoms with Gasteiger partial charge in [-0.1, -0.05) is 0 Å². The number of aryl methyl sites for hydroxylation is 1. The van der Waals surface area contributed by atoms with E-state index in [4.69, 9.17) is 5.73 Å². The number of hydrogen-bond acceptors (Lipinski definition) is 5. The van der Waals surface area contributed by atoms with Gasteiger partial charge in [0.05, 0.1) is 5.69 Å². The molecule has 5 heteroatoms. The van der Waals surface area contributed by atoms with Crippen molar-refractivity contribution in [3.05, 3.63) is 17.5 Å². The predicted molar refractivity (Wildman–Crippen MR) is 64.2 cm³/mol. The quantitative estimate of drug-likeness (QED) is 0.817. The summed E-state index contributed by atoms with van der Waals surface area (Å²) in [7, 11) is 1.98. The van der Waals surface area contributed by atoms with Crippen molar-refractivity contribution in [2.45, 2.75) is 12.2 Å². The van der Waals surface area contributed by atoms with Crippen LogP contribution in [0.5, 0.6) is 0 Å². The van der Waals surface area contributed by atoms with Crippen LogP contribution in [0.1, 0.15) is 11.3 Å². The van der Waals surface area contributed by atoms with E-state index in [1.54, 1.807) is 0 Å². The number of likely N-dealkylation sites (N-methyl/N-ethyl adjacent to an activating group) is 1. The van der Waals surface area contributed by atoms with Gasteiger partial charge in [-0.15, -0.1) is 0 Å². The zero-order chi connectivity index (χ0) is 10.7. The van der Waals surface area contributed by atoms with Crippen molar-refractivity contribution < 1.29 is 0 Å². The molecule has 2 heterocycles. The number of nitrogens with two attached hydrogens (primary N) is 1. The van der Waals surface area contributed by atoms with Gasteiger partial charge in [0.2, 0.25) is 5.95 Å². The Morgan fingerprint density at radius 1 is 1.60 bits per heavy atom. The molecule has 2 rings (SSSR count). The summed E-state index contributed by atoms with van der Waals surface area (Å²) in [5.74, 6) is 3.02.